The van der Waals surface area contributed by atoms with Crippen LogP contribution in [0.1, 0.15) is 32.6 Å². The van der Waals surface area contributed by atoms with Gasteiger partial charge in [-0.3, -0.25) is 14.9 Å². The molecule has 0 spiro atoms. The SMILES string of the molecule is CC(OC(=O)CCCC[C@@H]1SCC2NC(=O)NC21)OC(=O)Oc1ccc([N+](=O)[O-])cc1. The van der Waals surface area contributed by atoms with Crippen molar-refractivity contribution < 1.29 is 33.5 Å². The summed E-state index contributed by atoms with van der Waals surface area (Å²) in [5.41, 5.74) is -0.140. The second kappa shape index (κ2) is 10.3. The van der Waals surface area contributed by atoms with Crippen LogP contribution in [0.3, 0.4) is 0 Å². The molecule has 0 saturated carbocycles. The van der Waals surface area contributed by atoms with E-state index in [4.69, 9.17) is 14.2 Å². The van der Waals surface area contributed by atoms with Crippen LogP contribution in [0.2, 0.25) is 0 Å². The first-order chi connectivity index (χ1) is 14.8. The van der Waals surface area contributed by atoms with Crippen molar-refractivity contribution in [1.82, 2.24) is 10.6 Å². The molecule has 1 aromatic rings. The summed E-state index contributed by atoms with van der Waals surface area (Å²) in [4.78, 5) is 45.1. The zero-order chi connectivity index (χ0) is 22.4. The molecule has 1 aromatic carbocycles. The first kappa shape index (κ1) is 22.7. The molecule has 0 radical (unpaired) electrons. The molecular weight excluding hydrogens is 430 g/mol. The maximum absolute atomic E-state index is 11.9. The van der Waals surface area contributed by atoms with Crippen molar-refractivity contribution in [2.75, 3.05) is 5.75 Å². The van der Waals surface area contributed by atoms with Gasteiger partial charge in [-0.05, 0) is 25.0 Å². The highest BCUT2D eigenvalue weighted by Crippen LogP contribution is 2.33. The monoisotopic (exact) mass is 453 g/mol. The summed E-state index contributed by atoms with van der Waals surface area (Å²) in [6.45, 7) is 1.39. The van der Waals surface area contributed by atoms with E-state index in [9.17, 15) is 24.5 Å². The largest absolute Gasteiger partial charge is 0.516 e. The summed E-state index contributed by atoms with van der Waals surface area (Å²) < 4.78 is 14.8. The third-order valence-corrected chi connectivity index (χ3v) is 6.37. The average molecular weight is 453 g/mol. The highest BCUT2D eigenvalue weighted by molar-refractivity contribution is 8.00. The van der Waals surface area contributed by atoms with E-state index in [2.05, 4.69) is 10.6 Å². The number of hydrogen-bond acceptors (Lipinski definition) is 9. The van der Waals surface area contributed by atoms with Gasteiger partial charge >= 0.3 is 18.2 Å². The third kappa shape index (κ3) is 6.48. The molecular formula is C19H23N3O8S. The number of non-ortho nitro benzene ring substituents is 1. The van der Waals surface area contributed by atoms with E-state index in [1.165, 1.54) is 31.2 Å². The molecule has 2 saturated heterocycles. The Kier molecular flexibility index (Phi) is 7.55. The number of nitro groups is 1. The molecule has 4 atom stereocenters. The maximum atomic E-state index is 11.9. The molecule has 2 aliphatic rings. The quantitative estimate of drug-likeness (QED) is 0.110. The number of urea groups is 1. The lowest BCUT2D eigenvalue weighted by Gasteiger charge is -2.16. The minimum atomic E-state index is -1.14. The second-order valence-corrected chi connectivity index (χ2v) is 8.42. The number of amides is 2. The van der Waals surface area contributed by atoms with Gasteiger partial charge in [0.1, 0.15) is 5.75 Å². The van der Waals surface area contributed by atoms with Crippen LogP contribution in [0.15, 0.2) is 24.3 Å². The van der Waals surface area contributed by atoms with E-state index in [0.717, 1.165) is 18.6 Å². The topological polar surface area (TPSA) is 146 Å². The van der Waals surface area contributed by atoms with Crippen molar-refractivity contribution in [2.24, 2.45) is 0 Å². The van der Waals surface area contributed by atoms with E-state index in [-0.39, 0.29) is 36.0 Å². The smallest absolute Gasteiger partial charge is 0.425 e. The van der Waals surface area contributed by atoms with Gasteiger partial charge in [-0.25, -0.2) is 9.59 Å². The number of rotatable bonds is 9. The molecule has 3 unspecified atom stereocenters. The van der Waals surface area contributed by atoms with Gasteiger partial charge in [0, 0.05) is 36.5 Å². The number of thioether (sulfide) groups is 1. The molecule has 3 rings (SSSR count). The number of unbranched alkanes of at least 4 members (excludes halogenated alkanes) is 1. The van der Waals surface area contributed by atoms with Crippen molar-refractivity contribution in [3.05, 3.63) is 34.4 Å². The highest BCUT2D eigenvalue weighted by Gasteiger charge is 2.42. The number of carbonyl (C=O) groups is 3. The molecule has 2 fully saturated rings. The Morgan fingerprint density at radius 2 is 1.97 bits per heavy atom. The number of nitrogens with one attached hydrogen (secondary N) is 2. The van der Waals surface area contributed by atoms with Crippen molar-refractivity contribution in [2.45, 2.75) is 56.2 Å². The van der Waals surface area contributed by atoms with Crippen LogP contribution in [0.4, 0.5) is 15.3 Å². The third-order valence-electron chi connectivity index (χ3n) is 4.87. The average Bonchev–Trinajstić information content (AvgIpc) is 3.24. The lowest BCUT2D eigenvalue weighted by atomic mass is 10.0. The van der Waals surface area contributed by atoms with E-state index < -0.39 is 23.3 Å². The summed E-state index contributed by atoms with van der Waals surface area (Å²) in [7, 11) is 0. The van der Waals surface area contributed by atoms with Crippen molar-refractivity contribution in [3.8, 4) is 5.75 Å². The van der Waals surface area contributed by atoms with Gasteiger partial charge in [-0.15, -0.1) is 0 Å². The van der Waals surface area contributed by atoms with Crippen molar-refractivity contribution in [3.63, 3.8) is 0 Å². The van der Waals surface area contributed by atoms with E-state index >= 15 is 0 Å². The second-order valence-electron chi connectivity index (χ2n) is 7.15. The molecule has 2 aliphatic heterocycles. The number of esters is 1. The molecule has 168 valence electrons. The Balaban J connectivity index is 1.29. The Morgan fingerprint density at radius 3 is 2.68 bits per heavy atom. The fraction of sp³-hybridized carbons (Fsp3) is 0.526. The standard InChI is InChI=1S/C19H23N3O8S/c1-11(29-19(25)30-13-8-6-12(7-9-13)22(26)27)28-16(23)5-3-2-4-15-17-14(10-31-15)20-18(24)21-17/h6-9,11,14-15,17H,2-5,10H2,1H3,(H2,20,21,24)/t11?,14?,15-,17?/m0/s1. The molecule has 0 aromatic heterocycles. The Morgan fingerprint density at radius 1 is 1.23 bits per heavy atom. The van der Waals surface area contributed by atoms with Crippen LogP contribution in [0, 0.1) is 10.1 Å². The predicted octanol–water partition coefficient (Wildman–Crippen LogP) is 2.73. The number of carbonyl (C=O) groups excluding carboxylic acids is 3. The van der Waals surface area contributed by atoms with Crippen LogP contribution in [-0.4, -0.2) is 52.5 Å². The fourth-order valence-electron chi connectivity index (χ4n) is 3.42. The zero-order valence-electron chi connectivity index (χ0n) is 16.8. The van der Waals surface area contributed by atoms with E-state index in [1.807, 2.05) is 11.8 Å². The molecule has 31 heavy (non-hydrogen) atoms. The van der Waals surface area contributed by atoms with Gasteiger partial charge in [-0.2, -0.15) is 11.8 Å². The maximum Gasteiger partial charge on any atom is 0.516 e. The zero-order valence-corrected chi connectivity index (χ0v) is 17.6. The van der Waals surface area contributed by atoms with Crippen LogP contribution in [0.5, 0.6) is 5.75 Å². The summed E-state index contributed by atoms with van der Waals surface area (Å²) in [5, 5.41) is 16.8. The van der Waals surface area contributed by atoms with Gasteiger partial charge in [-0.1, -0.05) is 6.42 Å². The summed E-state index contributed by atoms with van der Waals surface area (Å²) in [6.07, 6.45) is 0.270. The highest BCUT2D eigenvalue weighted by atomic mass is 32.2. The Bertz CT molecular complexity index is 834. The molecule has 0 bridgehead atoms. The molecule has 2 heterocycles. The molecule has 11 nitrogen and oxygen atoms in total. The number of nitrogens with zero attached hydrogens (tertiary/aromatic N) is 1. The molecule has 0 aliphatic carbocycles. The van der Waals surface area contributed by atoms with Crippen LogP contribution >= 0.6 is 11.8 Å². The number of benzene rings is 1. The normalized spacial score (nSPS) is 22.6. The number of ether oxygens (including phenoxy) is 3. The fourth-order valence-corrected chi connectivity index (χ4v) is 4.96. The minimum Gasteiger partial charge on any atom is -0.425 e. The van der Waals surface area contributed by atoms with Gasteiger partial charge in [0.15, 0.2) is 0 Å². The van der Waals surface area contributed by atoms with Crippen LogP contribution in [0.25, 0.3) is 0 Å². The molecule has 2 amide bonds. The first-order valence-electron chi connectivity index (χ1n) is 9.83. The summed E-state index contributed by atoms with van der Waals surface area (Å²) in [5.74, 6) is 0.458. The van der Waals surface area contributed by atoms with Gasteiger partial charge in [0.2, 0.25) is 6.29 Å². The lowest BCUT2D eigenvalue weighted by molar-refractivity contribution is -0.384. The van der Waals surface area contributed by atoms with Gasteiger partial charge in [0.25, 0.3) is 5.69 Å². The van der Waals surface area contributed by atoms with E-state index in [1.54, 1.807) is 0 Å². The van der Waals surface area contributed by atoms with Gasteiger partial charge in [0.05, 0.1) is 17.0 Å². The van der Waals surface area contributed by atoms with Crippen molar-refractivity contribution in [1.29, 1.82) is 0 Å². The Labute approximate surface area is 182 Å². The first-order valence-corrected chi connectivity index (χ1v) is 10.9. The van der Waals surface area contributed by atoms with E-state index in [0.29, 0.717) is 11.7 Å². The van der Waals surface area contributed by atoms with Crippen LogP contribution in [-0.2, 0) is 14.3 Å². The summed E-state index contributed by atoms with van der Waals surface area (Å²) in [6, 6.07) is 5.09. The summed E-state index contributed by atoms with van der Waals surface area (Å²) >= 11 is 1.82. The minimum absolute atomic E-state index is 0.0646. The molecule has 2 N–H and O–H groups in total. The Hall–Kier alpha value is -3.02. The van der Waals surface area contributed by atoms with Crippen molar-refractivity contribution >= 4 is 35.6 Å². The predicted molar refractivity (Wildman–Crippen MR) is 110 cm³/mol. The van der Waals surface area contributed by atoms with Gasteiger partial charge < -0.3 is 24.8 Å². The lowest BCUT2D eigenvalue weighted by Crippen LogP contribution is -2.36. The number of nitro benzene ring substituents is 1. The number of fused-ring (bicyclic) bond motifs is 1. The number of hydrogen-bond donors (Lipinski definition) is 2. The molecule has 12 heteroatoms. The van der Waals surface area contributed by atoms with Crippen LogP contribution < -0.4 is 15.4 Å².